The smallest absolute Gasteiger partial charge is 0.127 e. The van der Waals surface area contributed by atoms with Crippen molar-refractivity contribution in [1.29, 1.82) is 0 Å². The summed E-state index contributed by atoms with van der Waals surface area (Å²) in [6, 6.07) is 1.79. The standard InChI is InChI=1S/C9H9ClN2/c1-2-3-4-7-5-8(10)6-12-9(7)11/h5-6H,4H2,1H3,(H2,11,12). The SMILES string of the molecule is CC#CCc1cc(Cl)cnc1N. The van der Waals surface area contributed by atoms with E-state index in [0.29, 0.717) is 17.3 Å². The van der Waals surface area contributed by atoms with E-state index in [4.69, 9.17) is 17.3 Å². The van der Waals surface area contributed by atoms with Gasteiger partial charge in [0.2, 0.25) is 0 Å². The topological polar surface area (TPSA) is 38.9 Å². The minimum Gasteiger partial charge on any atom is -0.383 e. The van der Waals surface area contributed by atoms with Crippen LogP contribution in [0.3, 0.4) is 0 Å². The van der Waals surface area contributed by atoms with Crippen molar-refractivity contribution >= 4 is 17.4 Å². The second-order valence-corrected chi connectivity index (χ2v) is 2.74. The first-order valence-corrected chi connectivity index (χ1v) is 3.91. The molecule has 0 atom stereocenters. The molecule has 0 radical (unpaired) electrons. The molecule has 1 aromatic heterocycles. The van der Waals surface area contributed by atoms with Crippen molar-refractivity contribution in [3.63, 3.8) is 0 Å². The van der Waals surface area contributed by atoms with Gasteiger partial charge in [0.05, 0.1) is 5.02 Å². The molecular formula is C9H9ClN2. The average Bonchev–Trinajstić information content (AvgIpc) is 2.07. The van der Waals surface area contributed by atoms with E-state index in [1.165, 1.54) is 6.20 Å². The zero-order valence-corrected chi connectivity index (χ0v) is 7.52. The number of hydrogen-bond donors (Lipinski definition) is 1. The first-order valence-electron chi connectivity index (χ1n) is 3.53. The van der Waals surface area contributed by atoms with E-state index >= 15 is 0 Å². The summed E-state index contributed by atoms with van der Waals surface area (Å²) in [5.41, 5.74) is 6.48. The summed E-state index contributed by atoms with van der Waals surface area (Å²) in [7, 11) is 0. The number of rotatable bonds is 1. The zero-order valence-electron chi connectivity index (χ0n) is 6.76. The highest BCUT2D eigenvalue weighted by Gasteiger charge is 1.98. The fourth-order valence-corrected chi connectivity index (χ4v) is 0.997. The van der Waals surface area contributed by atoms with Gasteiger partial charge in [0.15, 0.2) is 0 Å². The Morgan fingerprint density at radius 2 is 2.42 bits per heavy atom. The lowest BCUT2D eigenvalue weighted by Gasteiger charge is -1.99. The predicted octanol–water partition coefficient (Wildman–Crippen LogP) is 1.88. The van der Waals surface area contributed by atoms with Crippen LogP contribution in [0.15, 0.2) is 12.3 Å². The lowest BCUT2D eigenvalue weighted by atomic mass is 10.2. The third-order valence-electron chi connectivity index (χ3n) is 1.42. The molecular weight excluding hydrogens is 172 g/mol. The zero-order chi connectivity index (χ0) is 8.97. The molecule has 0 unspecified atom stereocenters. The number of nitrogens with zero attached hydrogens (tertiary/aromatic N) is 1. The Bertz CT molecular complexity index is 336. The van der Waals surface area contributed by atoms with Crippen molar-refractivity contribution in [3.05, 3.63) is 22.8 Å². The maximum Gasteiger partial charge on any atom is 0.127 e. The average molecular weight is 181 g/mol. The van der Waals surface area contributed by atoms with Crippen LogP contribution in [0.2, 0.25) is 5.02 Å². The van der Waals surface area contributed by atoms with E-state index in [9.17, 15) is 0 Å². The molecule has 12 heavy (non-hydrogen) atoms. The van der Waals surface area contributed by atoms with Gasteiger partial charge in [0.1, 0.15) is 5.82 Å². The highest BCUT2D eigenvalue weighted by Crippen LogP contribution is 2.14. The molecule has 0 fully saturated rings. The van der Waals surface area contributed by atoms with Crippen LogP contribution >= 0.6 is 11.6 Å². The van der Waals surface area contributed by atoms with Gasteiger partial charge in [0.25, 0.3) is 0 Å². The molecule has 0 aliphatic rings. The lowest BCUT2D eigenvalue weighted by Crippen LogP contribution is -1.96. The monoisotopic (exact) mass is 180 g/mol. The van der Waals surface area contributed by atoms with Crippen molar-refractivity contribution < 1.29 is 0 Å². The summed E-state index contributed by atoms with van der Waals surface area (Å²) in [6.07, 6.45) is 2.13. The first kappa shape index (κ1) is 8.89. The first-order chi connectivity index (χ1) is 5.74. The fourth-order valence-electron chi connectivity index (χ4n) is 0.817. The molecule has 2 N–H and O–H groups in total. The van der Waals surface area contributed by atoms with Gasteiger partial charge in [-0.3, -0.25) is 0 Å². The number of halogens is 1. The summed E-state index contributed by atoms with van der Waals surface area (Å²) in [5.74, 6) is 6.19. The molecule has 2 nitrogen and oxygen atoms in total. The molecule has 1 rings (SSSR count). The molecule has 0 bridgehead atoms. The van der Waals surface area contributed by atoms with Crippen LogP contribution in [0.4, 0.5) is 5.82 Å². The van der Waals surface area contributed by atoms with Gasteiger partial charge in [0, 0.05) is 18.2 Å². The molecule has 1 heterocycles. The van der Waals surface area contributed by atoms with Crippen molar-refractivity contribution in [3.8, 4) is 11.8 Å². The maximum absolute atomic E-state index is 5.73. The van der Waals surface area contributed by atoms with E-state index in [1.54, 1.807) is 13.0 Å². The summed E-state index contributed by atoms with van der Waals surface area (Å²) in [6.45, 7) is 1.79. The molecule has 0 aliphatic heterocycles. The van der Waals surface area contributed by atoms with E-state index in [1.807, 2.05) is 0 Å². The summed E-state index contributed by atoms with van der Waals surface area (Å²) in [5, 5.41) is 0.595. The van der Waals surface area contributed by atoms with Gasteiger partial charge >= 0.3 is 0 Å². The number of anilines is 1. The quantitative estimate of drug-likeness (QED) is 0.671. The van der Waals surface area contributed by atoms with Crippen molar-refractivity contribution in [2.75, 3.05) is 5.73 Å². The Balaban J connectivity index is 2.94. The summed E-state index contributed by atoms with van der Waals surface area (Å²) < 4.78 is 0. The van der Waals surface area contributed by atoms with E-state index < -0.39 is 0 Å². The Labute approximate surface area is 76.8 Å². The highest BCUT2D eigenvalue weighted by atomic mass is 35.5. The van der Waals surface area contributed by atoms with Crippen LogP contribution in [0, 0.1) is 11.8 Å². The third-order valence-corrected chi connectivity index (χ3v) is 1.63. The number of nitrogens with two attached hydrogens (primary N) is 1. The Hall–Kier alpha value is -1.20. The molecule has 62 valence electrons. The fraction of sp³-hybridized carbons (Fsp3) is 0.222. The Morgan fingerprint density at radius 1 is 1.67 bits per heavy atom. The maximum atomic E-state index is 5.73. The van der Waals surface area contributed by atoms with Crippen molar-refractivity contribution in [2.24, 2.45) is 0 Å². The Morgan fingerprint density at radius 3 is 3.08 bits per heavy atom. The second kappa shape index (κ2) is 3.99. The molecule has 0 aliphatic carbocycles. The molecule has 0 saturated heterocycles. The molecule has 0 saturated carbocycles. The van der Waals surface area contributed by atoms with E-state index in [0.717, 1.165) is 5.56 Å². The summed E-state index contributed by atoms with van der Waals surface area (Å²) >= 11 is 5.73. The molecule has 0 amide bonds. The second-order valence-electron chi connectivity index (χ2n) is 2.30. The number of hydrogen-bond acceptors (Lipinski definition) is 2. The van der Waals surface area contributed by atoms with E-state index in [2.05, 4.69) is 16.8 Å². The number of nitrogen functional groups attached to an aromatic ring is 1. The third kappa shape index (κ3) is 2.14. The highest BCUT2D eigenvalue weighted by molar-refractivity contribution is 6.30. The van der Waals surface area contributed by atoms with Crippen LogP contribution in [0.1, 0.15) is 12.5 Å². The molecule has 3 heteroatoms. The minimum absolute atomic E-state index is 0.502. The predicted molar refractivity (Wildman–Crippen MR) is 50.8 cm³/mol. The van der Waals surface area contributed by atoms with Gasteiger partial charge in [-0.2, -0.15) is 0 Å². The Kier molecular flexibility index (Phi) is 2.95. The van der Waals surface area contributed by atoms with Crippen LogP contribution in [0.25, 0.3) is 0 Å². The van der Waals surface area contributed by atoms with Crippen LogP contribution in [-0.4, -0.2) is 4.98 Å². The van der Waals surface area contributed by atoms with Crippen molar-refractivity contribution in [1.82, 2.24) is 4.98 Å². The molecule has 1 aromatic rings. The van der Waals surface area contributed by atoms with Gasteiger partial charge < -0.3 is 5.73 Å². The van der Waals surface area contributed by atoms with E-state index in [-0.39, 0.29) is 0 Å². The van der Waals surface area contributed by atoms with Gasteiger partial charge in [-0.25, -0.2) is 4.98 Å². The van der Waals surface area contributed by atoms with Crippen LogP contribution in [0.5, 0.6) is 0 Å². The normalized spacial score (nSPS) is 8.83. The van der Waals surface area contributed by atoms with Gasteiger partial charge in [-0.1, -0.05) is 17.5 Å². The number of pyridine rings is 1. The molecule has 0 spiro atoms. The molecule has 0 aromatic carbocycles. The lowest BCUT2D eigenvalue weighted by molar-refractivity contribution is 1.22. The summed E-state index contributed by atoms with van der Waals surface area (Å²) in [4.78, 5) is 3.91. The van der Waals surface area contributed by atoms with Crippen LogP contribution < -0.4 is 5.73 Å². The van der Waals surface area contributed by atoms with Gasteiger partial charge in [-0.15, -0.1) is 5.92 Å². The van der Waals surface area contributed by atoms with Crippen LogP contribution in [-0.2, 0) is 6.42 Å². The van der Waals surface area contributed by atoms with Crippen molar-refractivity contribution in [2.45, 2.75) is 13.3 Å². The van der Waals surface area contributed by atoms with Gasteiger partial charge in [-0.05, 0) is 13.0 Å². The number of aromatic nitrogens is 1. The minimum atomic E-state index is 0.502. The largest absolute Gasteiger partial charge is 0.383 e.